The minimum absolute atomic E-state index is 0.119. The van der Waals surface area contributed by atoms with E-state index in [1.165, 1.54) is 0 Å². The highest BCUT2D eigenvalue weighted by Crippen LogP contribution is 2.25. The van der Waals surface area contributed by atoms with Gasteiger partial charge in [-0.1, -0.05) is 12.1 Å². The highest BCUT2D eigenvalue weighted by atomic mass is 19.1. The highest BCUT2D eigenvalue weighted by Gasteiger charge is 2.14. The number of nitrogens with zero attached hydrogens (tertiary/aromatic N) is 1. The molecular formula is C20H14F2N2O. The molecule has 0 aliphatic rings. The van der Waals surface area contributed by atoms with E-state index in [0.717, 1.165) is 23.4 Å². The van der Waals surface area contributed by atoms with Crippen molar-refractivity contribution in [2.75, 3.05) is 0 Å². The van der Waals surface area contributed by atoms with Crippen molar-refractivity contribution >= 4 is 10.9 Å². The minimum Gasteiger partial charge on any atom is -0.354 e. The molecule has 25 heavy (non-hydrogen) atoms. The maximum atomic E-state index is 14.0. The molecule has 2 heterocycles. The maximum absolute atomic E-state index is 14.0. The molecule has 0 spiro atoms. The van der Waals surface area contributed by atoms with Crippen molar-refractivity contribution < 1.29 is 8.78 Å². The standard InChI is InChI=1S/C20H14F2N2O/c1-12-19(13-4-6-15(7-5-13)24-8-2-3-9-24)23-17-11-14(21)10-16(22)18(17)20(12)25/h2-11H,1H3,(H,23,25). The third-order valence-electron chi connectivity index (χ3n) is 4.32. The largest absolute Gasteiger partial charge is 0.354 e. The Kier molecular flexibility index (Phi) is 3.50. The molecule has 0 atom stereocenters. The van der Waals surface area contributed by atoms with E-state index in [-0.39, 0.29) is 10.9 Å². The highest BCUT2D eigenvalue weighted by molar-refractivity contribution is 5.83. The fraction of sp³-hybridized carbons (Fsp3) is 0.0500. The first-order valence-electron chi connectivity index (χ1n) is 7.80. The smallest absolute Gasteiger partial charge is 0.195 e. The maximum Gasteiger partial charge on any atom is 0.195 e. The van der Waals surface area contributed by atoms with Gasteiger partial charge in [0.15, 0.2) is 5.43 Å². The molecule has 2 aromatic heterocycles. The number of rotatable bonds is 2. The lowest BCUT2D eigenvalue weighted by atomic mass is 10.0. The van der Waals surface area contributed by atoms with Gasteiger partial charge < -0.3 is 9.55 Å². The predicted molar refractivity (Wildman–Crippen MR) is 94.0 cm³/mol. The normalized spacial score (nSPS) is 11.2. The first-order chi connectivity index (χ1) is 12.0. The van der Waals surface area contributed by atoms with Crippen LogP contribution >= 0.6 is 0 Å². The molecule has 4 aromatic rings. The van der Waals surface area contributed by atoms with Crippen molar-refractivity contribution in [1.82, 2.24) is 9.55 Å². The van der Waals surface area contributed by atoms with E-state index in [0.29, 0.717) is 11.3 Å². The molecule has 4 rings (SSSR count). The van der Waals surface area contributed by atoms with Crippen LogP contribution in [-0.2, 0) is 0 Å². The lowest BCUT2D eigenvalue weighted by molar-refractivity contribution is 0.591. The van der Waals surface area contributed by atoms with Crippen LogP contribution in [0.25, 0.3) is 27.8 Å². The Bertz CT molecular complexity index is 1130. The second-order valence-corrected chi connectivity index (χ2v) is 5.90. The number of hydrogen-bond donors (Lipinski definition) is 1. The third-order valence-corrected chi connectivity index (χ3v) is 4.32. The number of benzene rings is 2. The van der Waals surface area contributed by atoms with Crippen molar-refractivity contribution in [1.29, 1.82) is 0 Å². The Balaban J connectivity index is 1.89. The minimum atomic E-state index is -0.853. The molecule has 0 radical (unpaired) electrons. The Morgan fingerprint density at radius 2 is 1.68 bits per heavy atom. The summed E-state index contributed by atoms with van der Waals surface area (Å²) in [4.78, 5) is 15.5. The van der Waals surface area contributed by atoms with Gasteiger partial charge in [-0.05, 0) is 42.8 Å². The fourth-order valence-electron chi connectivity index (χ4n) is 3.03. The number of aromatic nitrogens is 2. The second-order valence-electron chi connectivity index (χ2n) is 5.90. The first-order valence-corrected chi connectivity index (χ1v) is 7.80. The molecule has 0 saturated carbocycles. The summed E-state index contributed by atoms with van der Waals surface area (Å²) in [6.07, 6.45) is 3.87. The number of aromatic amines is 1. The number of hydrogen-bond acceptors (Lipinski definition) is 1. The number of fused-ring (bicyclic) bond motifs is 1. The Hall–Kier alpha value is -3.21. The molecular weight excluding hydrogens is 322 g/mol. The van der Waals surface area contributed by atoms with E-state index in [4.69, 9.17) is 0 Å². The molecule has 0 aliphatic carbocycles. The topological polar surface area (TPSA) is 37.8 Å². The van der Waals surface area contributed by atoms with Crippen molar-refractivity contribution in [3.8, 4) is 16.9 Å². The average Bonchev–Trinajstić information content (AvgIpc) is 3.12. The molecule has 0 bridgehead atoms. The zero-order valence-corrected chi connectivity index (χ0v) is 13.4. The summed E-state index contributed by atoms with van der Waals surface area (Å²) in [5, 5.41) is -0.119. The van der Waals surface area contributed by atoms with Gasteiger partial charge in [-0.15, -0.1) is 0 Å². The molecule has 0 amide bonds. The predicted octanol–water partition coefficient (Wildman–Crippen LogP) is 4.57. The van der Waals surface area contributed by atoms with Gasteiger partial charge in [0.1, 0.15) is 11.6 Å². The summed E-state index contributed by atoms with van der Waals surface area (Å²) >= 11 is 0. The molecule has 3 nitrogen and oxygen atoms in total. The van der Waals surface area contributed by atoms with Crippen LogP contribution in [0.15, 0.2) is 65.7 Å². The summed E-state index contributed by atoms with van der Waals surface area (Å²) in [5.74, 6) is -1.58. The monoisotopic (exact) mass is 336 g/mol. The molecule has 1 N–H and O–H groups in total. The third kappa shape index (κ3) is 2.54. The zero-order valence-electron chi connectivity index (χ0n) is 13.4. The van der Waals surface area contributed by atoms with E-state index in [9.17, 15) is 13.6 Å². The molecule has 0 aliphatic heterocycles. The van der Waals surface area contributed by atoms with Gasteiger partial charge in [-0.3, -0.25) is 4.79 Å². The lowest BCUT2D eigenvalue weighted by Gasteiger charge is -2.10. The second kappa shape index (κ2) is 5.70. The Morgan fingerprint density at radius 1 is 1.00 bits per heavy atom. The van der Waals surface area contributed by atoms with Crippen LogP contribution in [0, 0.1) is 18.6 Å². The molecule has 5 heteroatoms. The van der Waals surface area contributed by atoms with E-state index in [1.54, 1.807) is 6.92 Å². The van der Waals surface area contributed by atoms with Gasteiger partial charge in [0.25, 0.3) is 0 Å². The SMILES string of the molecule is Cc1c(-c2ccc(-n3cccc3)cc2)[nH]c2cc(F)cc(F)c2c1=O. The molecule has 0 saturated heterocycles. The van der Waals surface area contributed by atoms with E-state index < -0.39 is 17.1 Å². The van der Waals surface area contributed by atoms with Gasteiger partial charge >= 0.3 is 0 Å². The van der Waals surface area contributed by atoms with Crippen molar-refractivity contribution in [2.24, 2.45) is 0 Å². The summed E-state index contributed by atoms with van der Waals surface area (Å²) in [5.41, 5.74) is 2.42. The number of nitrogens with one attached hydrogen (secondary N) is 1. The van der Waals surface area contributed by atoms with Crippen molar-refractivity contribution in [2.45, 2.75) is 6.92 Å². The van der Waals surface area contributed by atoms with Crippen LogP contribution in [0.4, 0.5) is 8.78 Å². The van der Waals surface area contributed by atoms with Gasteiger partial charge in [-0.25, -0.2) is 8.78 Å². The molecule has 2 aromatic carbocycles. The summed E-state index contributed by atoms with van der Waals surface area (Å²) in [6, 6.07) is 13.3. The molecule has 0 unspecified atom stereocenters. The first kappa shape index (κ1) is 15.3. The van der Waals surface area contributed by atoms with Crippen LogP contribution in [0.3, 0.4) is 0 Å². The summed E-state index contributed by atoms with van der Waals surface area (Å²) in [7, 11) is 0. The van der Waals surface area contributed by atoms with Crippen molar-refractivity contribution in [3.63, 3.8) is 0 Å². The van der Waals surface area contributed by atoms with E-state index in [2.05, 4.69) is 4.98 Å². The van der Waals surface area contributed by atoms with E-state index in [1.807, 2.05) is 53.4 Å². The quantitative estimate of drug-likeness (QED) is 0.572. The van der Waals surface area contributed by atoms with Gasteiger partial charge in [0.2, 0.25) is 0 Å². The Morgan fingerprint density at radius 3 is 2.36 bits per heavy atom. The molecule has 124 valence electrons. The van der Waals surface area contributed by atoms with Gasteiger partial charge in [-0.2, -0.15) is 0 Å². The van der Waals surface area contributed by atoms with Crippen LogP contribution in [0.5, 0.6) is 0 Å². The van der Waals surface area contributed by atoms with Gasteiger partial charge in [0, 0.05) is 29.7 Å². The van der Waals surface area contributed by atoms with Crippen molar-refractivity contribution in [3.05, 3.63) is 88.3 Å². The summed E-state index contributed by atoms with van der Waals surface area (Å²) in [6.45, 7) is 1.64. The molecule has 0 fully saturated rings. The lowest BCUT2D eigenvalue weighted by Crippen LogP contribution is -2.11. The number of halogens is 2. The van der Waals surface area contributed by atoms with Crippen LogP contribution in [-0.4, -0.2) is 9.55 Å². The number of pyridine rings is 1. The van der Waals surface area contributed by atoms with Crippen LogP contribution < -0.4 is 5.43 Å². The van der Waals surface area contributed by atoms with Crippen LogP contribution in [0.1, 0.15) is 5.56 Å². The Labute approximate surface area is 142 Å². The zero-order chi connectivity index (χ0) is 17.6. The van der Waals surface area contributed by atoms with Gasteiger partial charge in [0.05, 0.1) is 16.6 Å². The van der Waals surface area contributed by atoms with E-state index >= 15 is 0 Å². The number of H-pyrrole nitrogens is 1. The fourth-order valence-corrected chi connectivity index (χ4v) is 3.03. The average molecular weight is 336 g/mol. The summed E-state index contributed by atoms with van der Waals surface area (Å²) < 4.78 is 29.4. The van der Waals surface area contributed by atoms with Crippen LogP contribution in [0.2, 0.25) is 0 Å².